The minimum atomic E-state index is -0.0992. The molecule has 0 N–H and O–H groups in total. The fourth-order valence-corrected chi connectivity index (χ4v) is 15.6. The maximum atomic E-state index is 2.72. The summed E-state index contributed by atoms with van der Waals surface area (Å²) in [6.45, 7) is 14.8. The van der Waals surface area contributed by atoms with Gasteiger partial charge in [0.1, 0.15) is 0 Å². The average molecular weight is 754 g/mol. The first-order valence-corrected chi connectivity index (χ1v) is 22.5. The zero-order chi connectivity index (χ0) is 39.1. The van der Waals surface area contributed by atoms with Crippen molar-refractivity contribution in [2.24, 2.45) is 29.1 Å². The maximum Gasteiger partial charge on any atom is 0.0546 e. The van der Waals surface area contributed by atoms with Crippen molar-refractivity contribution in [1.29, 1.82) is 0 Å². The molecule has 0 aromatic heterocycles. The van der Waals surface area contributed by atoms with Gasteiger partial charge in [-0.15, -0.1) is 0 Å². The standard InChI is InChI=1S/C57H55N/c1-53(2)27-28-54(3,4)52-44(53)21-14-22-47(52)58(37-23-24-39-38-17-10-12-19-41(38)55(5,6)45(39)32-37)46-26-25-43-51(50(46)35-15-8-7-9-16-35)40-18-11-13-20-42(40)57(43)48-30-34-29-36-31-49(57)56(36,48)33-34/h7-26,32,34,36,48-49H,27-31,33H2,1-6H3. The molecule has 6 aromatic carbocycles. The van der Waals surface area contributed by atoms with E-state index in [2.05, 4.69) is 174 Å². The molecule has 6 aromatic rings. The molecule has 0 saturated heterocycles. The summed E-state index contributed by atoms with van der Waals surface area (Å²) in [4.78, 5) is 2.72. The van der Waals surface area contributed by atoms with Crippen LogP contribution in [0.5, 0.6) is 0 Å². The Bertz CT molecular complexity index is 2760. The highest BCUT2D eigenvalue weighted by molar-refractivity contribution is 6.03. The Labute approximate surface area is 345 Å². The average Bonchev–Trinajstić information content (AvgIpc) is 3.92. The molecule has 4 saturated carbocycles. The Morgan fingerprint density at radius 3 is 2.00 bits per heavy atom. The minimum absolute atomic E-state index is 0.0228. The minimum Gasteiger partial charge on any atom is -0.310 e. The van der Waals surface area contributed by atoms with Crippen LogP contribution in [0.2, 0.25) is 0 Å². The van der Waals surface area contributed by atoms with Gasteiger partial charge in [0.05, 0.1) is 11.4 Å². The van der Waals surface area contributed by atoms with Gasteiger partial charge in [-0.2, -0.15) is 0 Å². The molecule has 1 heteroatoms. The molecule has 6 atom stereocenters. The SMILES string of the molecule is CC1(C)CCC(C)(C)c2c(N(c3ccc4c(c3)C(C)(C)c3ccccc3-4)c3ccc4c(c3-c3ccccc3)-c3ccccc3C43C4CC5CC6CC3C64C5)cccc21. The van der Waals surface area contributed by atoms with E-state index >= 15 is 0 Å². The van der Waals surface area contributed by atoms with Crippen LogP contribution in [-0.2, 0) is 21.7 Å². The number of nitrogens with zero attached hydrogens (tertiary/aromatic N) is 1. The van der Waals surface area contributed by atoms with E-state index in [1.807, 2.05) is 0 Å². The van der Waals surface area contributed by atoms with E-state index in [1.165, 1.54) is 111 Å². The van der Waals surface area contributed by atoms with Crippen molar-refractivity contribution in [3.05, 3.63) is 161 Å². The number of hydrogen-bond acceptors (Lipinski definition) is 1. The zero-order valence-electron chi connectivity index (χ0n) is 35.1. The van der Waals surface area contributed by atoms with E-state index in [9.17, 15) is 0 Å². The van der Waals surface area contributed by atoms with Crippen LogP contribution in [-0.4, -0.2) is 0 Å². The molecule has 7 aliphatic carbocycles. The zero-order valence-corrected chi connectivity index (χ0v) is 35.1. The number of fused-ring (bicyclic) bond motifs is 12. The molecule has 288 valence electrons. The van der Waals surface area contributed by atoms with Crippen molar-refractivity contribution in [1.82, 2.24) is 0 Å². The predicted octanol–water partition coefficient (Wildman–Crippen LogP) is 14.8. The van der Waals surface area contributed by atoms with Gasteiger partial charge in [0.15, 0.2) is 0 Å². The van der Waals surface area contributed by atoms with Crippen molar-refractivity contribution in [3.63, 3.8) is 0 Å². The number of anilines is 3. The van der Waals surface area contributed by atoms with Gasteiger partial charge >= 0.3 is 0 Å². The highest BCUT2D eigenvalue weighted by atomic mass is 15.2. The molecular weight excluding hydrogens is 699 g/mol. The van der Waals surface area contributed by atoms with Gasteiger partial charge in [0.25, 0.3) is 0 Å². The molecule has 0 aliphatic heterocycles. The lowest BCUT2D eigenvalue weighted by Crippen LogP contribution is -2.73. The summed E-state index contributed by atoms with van der Waals surface area (Å²) < 4.78 is 0. The Balaban J connectivity index is 1.12. The van der Waals surface area contributed by atoms with Gasteiger partial charge in [-0.1, -0.05) is 145 Å². The van der Waals surface area contributed by atoms with Crippen LogP contribution in [0.1, 0.15) is 113 Å². The summed E-state index contributed by atoms with van der Waals surface area (Å²) in [6.07, 6.45) is 8.20. The Kier molecular flexibility index (Phi) is 6.36. The van der Waals surface area contributed by atoms with Gasteiger partial charge < -0.3 is 4.90 Å². The molecule has 2 bridgehead atoms. The summed E-state index contributed by atoms with van der Waals surface area (Å²) in [5.41, 5.74) is 22.2. The summed E-state index contributed by atoms with van der Waals surface area (Å²) in [6, 6.07) is 50.2. The third-order valence-corrected chi connectivity index (χ3v) is 18.0. The first-order valence-electron chi connectivity index (χ1n) is 22.5. The summed E-state index contributed by atoms with van der Waals surface area (Å²) in [7, 11) is 0. The lowest BCUT2D eigenvalue weighted by atomic mass is 9.27. The number of rotatable bonds is 4. The Morgan fingerprint density at radius 1 is 0.500 bits per heavy atom. The highest BCUT2D eigenvalue weighted by Gasteiger charge is 2.84. The van der Waals surface area contributed by atoms with Crippen LogP contribution in [0.15, 0.2) is 127 Å². The van der Waals surface area contributed by atoms with Gasteiger partial charge in [-0.3, -0.25) is 0 Å². The third kappa shape index (κ3) is 3.83. The fourth-order valence-electron chi connectivity index (χ4n) is 15.6. The van der Waals surface area contributed by atoms with Crippen LogP contribution in [0, 0.1) is 29.1 Å². The van der Waals surface area contributed by atoms with Gasteiger partial charge in [-0.25, -0.2) is 0 Å². The van der Waals surface area contributed by atoms with Crippen molar-refractivity contribution in [2.45, 2.75) is 102 Å². The maximum absolute atomic E-state index is 2.72. The normalized spacial score (nSPS) is 29.7. The molecular formula is C57H55N. The monoisotopic (exact) mass is 753 g/mol. The van der Waals surface area contributed by atoms with Gasteiger partial charge in [-0.05, 0) is 164 Å². The van der Waals surface area contributed by atoms with E-state index in [-0.39, 0.29) is 21.7 Å². The number of hydrogen-bond donors (Lipinski definition) is 0. The topological polar surface area (TPSA) is 3.24 Å². The fraction of sp³-hybridized carbons (Fsp3) is 0.368. The van der Waals surface area contributed by atoms with Crippen LogP contribution < -0.4 is 4.90 Å². The van der Waals surface area contributed by atoms with Crippen LogP contribution >= 0.6 is 0 Å². The summed E-state index contributed by atoms with van der Waals surface area (Å²) >= 11 is 0. The predicted molar refractivity (Wildman–Crippen MR) is 240 cm³/mol. The van der Waals surface area contributed by atoms with Crippen molar-refractivity contribution in [2.75, 3.05) is 4.90 Å². The molecule has 4 fully saturated rings. The van der Waals surface area contributed by atoms with E-state index in [0.717, 1.165) is 23.7 Å². The molecule has 1 nitrogen and oxygen atoms in total. The van der Waals surface area contributed by atoms with Crippen LogP contribution in [0.4, 0.5) is 17.1 Å². The van der Waals surface area contributed by atoms with Crippen LogP contribution in [0.25, 0.3) is 33.4 Å². The molecule has 58 heavy (non-hydrogen) atoms. The molecule has 2 spiro atoms. The second-order valence-electron chi connectivity index (χ2n) is 21.6. The second kappa shape index (κ2) is 10.8. The van der Waals surface area contributed by atoms with E-state index in [4.69, 9.17) is 0 Å². The van der Waals surface area contributed by atoms with Crippen molar-refractivity contribution in [3.8, 4) is 33.4 Å². The summed E-state index contributed by atoms with van der Waals surface area (Å²) in [5.74, 6) is 3.46. The van der Waals surface area contributed by atoms with Crippen molar-refractivity contribution < 1.29 is 0 Å². The Morgan fingerprint density at radius 2 is 1.19 bits per heavy atom. The lowest BCUT2D eigenvalue weighted by molar-refractivity contribution is -0.231. The highest BCUT2D eigenvalue weighted by Crippen LogP contribution is 2.90. The molecule has 0 heterocycles. The molecule has 0 radical (unpaired) electrons. The second-order valence-corrected chi connectivity index (χ2v) is 21.6. The first-order chi connectivity index (χ1) is 28.0. The van der Waals surface area contributed by atoms with Gasteiger partial charge in [0, 0.05) is 22.1 Å². The molecule has 7 aliphatic rings. The van der Waals surface area contributed by atoms with E-state index in [1.54, 1.807) is 11.1 Å². The molecule has 0 amide bonds. The summed E-state index contributed by atoms with van der Waals surface area (Å²) in [5, 5.41) is 0. The van der Waals surface area contributed by atoms with Gasteiger partial charge in [0.2, 0.25) is 0 Å². The first kappa shape index (κ1) is 34.0. The van der Waals surface area contributed by atoms with Crippen LogP contribution in [0.3, 0.4) is 0 Å². The molecule has 13 rings (SSSR count). The van der Waals surface area contributed by atoms with E-state index in [0.29, 0.717) is 5.41 Å². The number of benzene rings is 6. The Hall–Kier alpha value is -4.88. The largest absolute Gasteiger partial charge is 0.310 e. The van der Waals surface area contributed by atoms with E-state index < -0.39 is 0 Å². The third-order valence-electron chi connectivity index (χ3n) is 18.0. The lowest BCUT2D eigenvalue weighted by Gasteiger charge is -2.76. The molecule has 6 unspecified atom stereocenters. The smallest absolute Gasteiger partial charge is 0.0546 e. The van der Waals surface area contributed by atoms with Crippen molar-refractivity contribution >= 4 is 17.1 Å². The quantitative estimate of drug-likeness (QED) is 0.173.